The topological polar surface area (TPSA) is 66.8 Å². The predicted octanol–water partition coefficient (Wildman–Crippen LogP) is 1.67. The largest absolute Gasteiger partial charge is 0.478 e. The van der Waals surface area contributed by atoms with Gasteiger partial charge < -0.3 is 14.7 Å². The van der Waals surface area contributed by atoms with Crippen molar-refractivity contribution < 1.29 is 23.8 Å². The molecule has 0 spiro atoms. The van der Waals surface area contributed by atoms with E-state index in [-0.39, 0.29) is 11.3 Å². The zero-order valence-corrected chi connectivity index (χ0v) is 10.4. The van der Waals surface area contributed by atoms with Gasteiger partial charge in [0.1, 0.15) is 11.9 Å². The number of rotatable bonds is 3. The summed E-state index contributed by atoms with van der Waals surface area (Å²) in [7, 11) is 1.28. The van der Waals surface area contributed by atoms with Gasteiger partial charge in [-0.25, -0.2) is 14.0 Å². The average molecular weight is 267 g/mol. The van der Waals surface area contributed by atoms with E-state index < -0.39 is 23.8 Å². The summed E-state index contributed by atoms with van der Waals surface area (Å²) in [6.07, 6.45) is 1.31. The summed E-state index contributed by atoms with van der Waals surface area (Å²) in [5.74, 6) is -2.10. The molecule has 1 aliphatic heterocycles. The van der Waals surface area contributed by atoms with Crippen molar-refractivity contribution in [2.45, 2.75) is 18.9 Å². The van der Waals surface area contributed by atoms with Crippen LogP contribution in [0.4, 0.5) is 10.1 Å². The van der Waals surface area contributed by atoms with Crippen molar-refractivity contribution in [1.82, 2.24) is 0 Å². The van der Waals surface area contributed by atoms with E-state index in [0.717, 1.165) is 12.5 Å². The second-order valence-corrected chi connectivity index (χ2v) is 4.35. The third-order valence-corrected chi connectivity index (χ3v) is 3.23. The van der Waals surface area contributed by atoms with E-state index in [1.807, 2.05) is 0 Å². The first-order valence-electron chi connectivity index (χ1n) is 5.92. The monoisotopic (exact) mass is 267 g/mol. The Kier molecular flexibility index (Phi) is 3.69. The molecule has 1 unspecified atom stereocenters. The summed E-state index contributed by atoms with van der Waals surface area (Å²) in [5, 5.41) is 8.93. The lowest BCUT2D eigenvalue weighted by atomic mass is 10.1. The molecule has 0 bridgehead atoms. The van der Waals surface area contributed by atoms with E-state index in [0.29, 0.717) is 13.0 Å². The van der Waals surface area contributed by atoms with Gasteiger partial charge in [-0.15, -0.1) is 0 Å². The number of benzene rings is 1. The number of carboxylic acids is 1. The van der Waals surface area contributed by atoms with E-state index in [9.17, 15) is 14.0 Å². The van der Waals surface area contributed by atoms with Crippen LogP contribution in [0.25, 0.3) is 0 Å². The van der Waals surface area contributed by atoms with Crippen molar-refractivity contribution in [3.63, 3.8) is 0 Å². The first kappa shape index (κ1) is 13.3. The summed E-state index contributed by atoms with van der Waals surface area (Å²) >= 11 is 0. The SMILES string of the molecule is COC(=O)C1CCCN1c1cc(C(=O)O)ccc1F. The zero-order chi connectivity index (χ0) is 14.0. The minimum Gasteiger partial charge on any atom is -0.478 e. The molecule has 6 heteroatoms. The summed E-state index contributed by atoms with van der Waals surface area (Å²) < 4.78 is 18.5. The Morgan fingerprint density at radius 1 is 1.47 bits per heavy atom. The Morgan fingerprint density at radius 3 is 2.84 bits per heavy atom. The maximum Gasteiger partial charge on any atom is 0.335 e. The summed E-state index contributed by atoms with van der Waals surface area (Å²) in [6, 6.07) is 3.00. The van der Waals surface area contributed by atoms with Crippen LogP contribution in [0.3, 0.4) is 0 Å². The highest BCUT2D eigenvalue weighted by Gasteiger charge is 2.33. The number of aromatic carboxylic acids is 1. The lowest BCUT2D eigenvalue weighted by Crippen LogP contribution is -2.37. The van der Waals surface area contributed by atoms with Crippen LogP contribution in [0.1, 0.15) is 23.2 Å². The van der Waals surface area contributed by atoms with Crippen molar-refractivity contribution in [2.75, 3.05) is 18.6 Å². The highest BCUT2D eigenvalue weighted by Crippen LogP contribution is 2.29. The fraction of sp³-hybridized carbons (Fsp3) is 0.385. The van der Waals surface area contributed by atoms with Crippen molar-refractivity contribution in [3.8, 4) is 0 Å². The van der Waals surface area contributed by atoms with Gasteiger partial charge in [-0.3, -0.25) is 0 Å². The van der Waals surface area contributed by atoms with Gasteiger partial charge in [-0.05, 0) is 31.0 Å². The molecule has 1 N–H and O–H groups in total. The predicted molar refractivity (Wildman–Crippen MR) is 65.7 cm³/mol. The zero-order valence-electron chi connectivity index (χ0n) is 10.4. The molecule has 1 aromatic carbocycles. The number of hydrogen-bond acceptors (Lipinski definition) is 4. The van der Waals surface area contributed by atoms with Crippen LogP contribution in [0.15, 0.2) is 18.2 Å². The van der Waals surface area contributed by atoms with Gasteiger partial charge >= 0.3 is 11.9 Å². The van der Waals surface area contributed by atoms with Crippen LogP contribution < -0.4 is 4.90 Å². The average Bonchev–Trinajstić information content (AvgIpc) is 2.87. The van der Waals surface area contributed by atoms with E-state index in [2.05, 4.69) is 4.74 Å². The van der Waals surface area contributed by atoms with Gasteiger partial charge in [0.25, 0.3) is 0 Å². The second kappa shape index (κ2) is 5.26. The normalized spacial score (nSPS) is 18.4. The molecule has 0 aromatic heterocycles. The molecule has 5 nitrogen and oxygen atoms in total. The van der Waals surface area contributed by atoms with Gasteiger partial charge in [-0.1, -0.05) is 0 Å². The third-order valence-electron chi connectivity index (χ3n) is 3.23. The third kappa shape index (κ3) is 2.52. The van der Waals surface area contributed by atoms with Crippen molar-refractivity contribution in [2.24, 2.45) is 0 Å². The molecule has 0 aliphatic carbocycles. The number of methoxy groups -OCH3 is 1. The van der Waals surface area contributed by atoms with Crippen molar-refractivity contribution in [3.05, 3.63) is 29.6 Å². The standard InChI is InChI=1S/C13H14FNO4/c1-19-13(18)10-3-2-6-15(10)11-7-8(12(16)17)4-5-9(11)14/h4-5,7,10H,2-3,6H2,1H3,(H,16,17). The summed E-state index contributed by atoms with van der Waals surface area (Å²) in [4.78, 5) is 24.1. The van der Waals surface area contributed by atoms with Gasteiger partial charge in [0.2, 0.25) is 0 Å². The number of halogens is 1. The quantitative estimate of drug-likeness (QED) is 0.844. The number of anilines is 1. The molecule has 0 saturated carbocycles. The maximum absolute atomic E-state index is 13.8. The molecule has 102 valence electrons. The summed E-state index contributed by atoms with van der Waals surface area (Å²) in [5.41, 5.74) is 0.125. The molecular weight excluding hydrogens is 253 g/mol. The highest BCUT2D eigenvalue weighted by atomic mass is 19.1. The molecule has 1 aromatic rings. The fourth-order valence-corrected chi connectivity index (χ4v) is 2.30. The number of ether oxygens (including phenoxy) is 1. The van der Waals surface area contributed by atoms with Crippen LogP contribution >= 0.6 is 0 Å². The van der Waals surface area contributed by atoms with E-state index in [4.69, 9.17) is 5.11 Å². The molecule has 1 heterocycles. The lowest BCUT2D eigenvalue weighted by Gasteiger charge is -2.25. The van der Waals surface area contributed by atoms with Crippen LogP contribution in [0, 0.1) is 5.82 Å². The minimum absolute atomic E-state index is 0.00749. The number of carbonyl (C=O) groups is 2. The van der Waals surface area contributed by atoms with Crippen LogP contribution in [0.2, 0.25) is 0 Å². The first-order valence-corrected chi connectivity index (χ1v) is 5.92. The summed E-state index contributed by atoms with van der Waals surface area (Å²) in [6.45, 7) is 0.500. The van der Waals surface area contributed by atoms with Crippen LogP contribution in [0.5, 0.6) is 0 Å². The molecule has 1 fully saturated rings. The van der Waals surface area contributed by atoms with Gasteiger partial charge in [0.05, 0.1) is 18.4 Å². The molecule has 1 atom stereocenters. The number of carbonyl (C=O) groups excluding carboxylic acids is 1. The van der Waals surface area contributed by atoms with Crippen LogP contribution in [-0.2, 0) is 9.53 Å². The highest BCUT2D eigenvalue weighted by molar-refractivity contribution is 5.89. The molecule has 1 saturated heterocycles. The number of carboxylic acid groups (broad SMARTS) is 1. The van der Waals surface area contributed by atoms with Crippen molar-refractivity contribution >= 4 is 17.6 Å². The molecule has 1 aliphatic rings. The smallest absolute Gasteiger partial charge is 0.335 e. The number of hydrogen-bond donors (Lipinski definition) is 1. The van der Waals surface area contributed by atoms with E-state index in [1.54, 1.807) is 4.90 Å². The van der Waals surface area contributed by atoms with Crippen molar-refractivity contribution in [1.29, 1.82) is 0 Å². The van der Waals surface area contributed by atoms with Gasteiger partial charge in [-0.2, -0.15) is 0 Å². The lowest BCUT2D eigenvalue weighted by molar-refractivity contribution is -0.141. The minimum atomic E-state index is -1.13. The number of nitrogens with zero attached hydrogens (tertiary/aromatic N) is 1. The molecular formula is C13H14FNO4. The van der Waals surface area contributed by atoms with E-state index in [1.165, 1.54) is 19.2 Å². The Morgan fingerprint density at radius 2 is 2.21 bits per heavy atom. The molecule has 2 rings (SSSR count). The van der Waals surface area contributed by atoms with Gasteiger partial charge in [0, 0.05) is 6.54 Å². The Hall–Kier alpha value is -2.11. The number of esters is 1. The Balaban J connectivity index is 2.37. The molecule has 0 radical (unpaired) electrons. The molecule has 0 amide bonds. The molecule has 19 heavy (non-hydrogen) atoms. The van der Waals surface area contributed by atoms with E-state index >= 15 is 0 Å². The maximum atomic E-state index is 13.8. The fourth-order valence-electron chi connectivity index (χ4n) is 2.30. The Labute approximate surface area is 109 Å². The van der Waals surface area contributed by atoms with Crippen LogP contribution in [-0.4, -0.2) is 36.7 Å². The Bertz CT molecular complexity index is 517. The van der Waals surface area contributed by atoms with Gasteiger partial charge in [0.15, 0.2) is 0 Å². The second-order valence-electron chi connectivity index (χ2n) is 4.35. The first-order chi connectivity index (χ1) is 9.04.